The monoisotopic (exact) mass is 295 g/mol. The number of hydrogen-bond acceptors (Lipinski definition) is 5. The van der Waals surface area contributed by atoms with Gasteiger partial charge in [-0.05, 0) is 18.2 Å². The lowest BCUT2D eigenvalue weighted by Crippen LogP contribution is -2.02. The van der Waals surface area contributed by atoms with Gasteiger partial charge in [0.15, 0.2) is 0 Å². The summed E-state index contributed by atoms with van der Waals surface area (Å²) in [6.07, 6.45) is 1.21. The van der Waals surface area contributed by atoms with Gasteiger partial charge in [0.05, 0.1) is 27.7 Å². The van der Waals surface area contributed by atoms with E-state index in [4.69, 9.17) is 9.52 Å². The van der Waals surface area contributed by atoms with E-state index < -0.39 is 21.7 Å². The van der Waals surface area contributed by atoms with E-state index in [-0.39, 0.29) is 17.2 Å². The Morgan fingerprint density at radius 1 is 1.30 bits per heavy atom. The van der Waals surface area contributed by atoms with Gasteiger partial charge in [-0.25, -0.2) is 4.79 Å². The molecule has 0 spiro atoms. The second kappa shape index (κ2) is 5.66. The van der Waals surface area contributed by atoms with Gasteiger partial charge in [0, 0.05) is 22.6 Å². The molecule has 1 aromatic carbocycles. The molecule has 104 valence electrons. The topological polar surface area (TPSA) is 111 Å². The summed E-state index contributed by atoms with van der Waals surface area (Å²) in [5.41, 5.74) is 0.217. The summed E-state index contributed by atoms with van der Waals surface area (Å²) in [6.45, 7) is 0. The van der Waals surface area contributed by atoms with Crippen LogP contribution in [0.25, 0.3) is 0 Å². The molecule has 8 heteroatoms. The molecule has 2 rings (SSSR count). The van der Waals surface area contributed by atoms with Crippen molar-refractivity contribution < 1.29 is 23.5 Å². The first-order chi connectivity index (χ1) is 9.49. The van der Waals surface area contributed by atoms with Gasteiger partial charge in [-0.3, -0.25) is 14.3 Å². The number of rotatable bonds is 5. The average Bonchev–Trinajstić information content (AvgIpc) is 2.87. The Hall–Kier alpha value is -2.48. The largest absolute Gasteiger partial charge is 0.475 e. The number of benzene rings is 1. The van der Waals surface area contributed by atoms with Gasteiger partial charge in [0.25, 0.3) is 5.69 Å². The van der Waals surface area contributed by atoms with Crippen LogP contribution in [-0.2, 0) is 16.6 Å². The van der Waals surface area contributed by atoms with Crippen molar-refractivity contribution in [2.24, 2.45) is 0 Å². The zero-order chi connectivity index (χ0) is 14.7. The lowest BCUT2D eigenvalue weighted by Gasteiger charge is -2.01. The van der Waals surface area contributed by atoms with Crippen LogP contribution in [-0.4, -0.2) is 20.2 Å². The van der Waals surface area contributed by atoms with Gasteiger partial charge in [-0.15, -0.1) is 0 Å². The van der Waals surface area contributed by atoms with Crippen LogP contribution in [0.2, 0.25) is 0 Å². The molecule has 0 aliphatic heterocycles. The third-order valence-electron chi connectivity index (χ3n) is 2.54. The standard InChI is InChI=1S/C12H9NO6S/c14-12(15)11-8(5-6-19-11)7-20(18)10-3-1-9(2-4-10)13(16)17/h1-6H,7H2,(H,14,15). The predicted molar refractivity (Wildman–Crippen MR) is 68.9 cm³/mol. The number of nitro groups is 1. The number of aromatic carboxylic acids is 1. The lowest BCUT2D eigenvalue weighted by atomic mass is 10.3. The molecule has 1 heterocycles. The minimum atomic E-state index is -1.51. The smallest absolute Gasteiger partial charge is 0.372 e. The number of nitro benzene ring substituents is 1. The molecule has 2 aromatic rings. The normalized spacial score (nSPS) is 12.0. The molecule has 0 saturated heterocycles. The summed E-state index contributed by atoms with van der Waals surface area (Å²) in [7, 11) is -1.51. The number of carboxylic acid groups (broad SMARTS) is 1. The van der Waals surface area contributed by atoms with Gasteiger partial charge >= 0.3 is 5.97 Å². The number of furan rings is 1. The van der Waals surface area contributed by atoms with Crippen LogP contribution >= 0.6 is 0 Å². The molecule has 7 nitrogen and oxygen atoms in total. The molecule has 0 bridgehead atoms. The molecule has 0 radical (unpaired) electrons. The summed E-state index contributed by atoms with van der Waals surface area (Å²) in [6, 6.07) is 6.71. The molecule has 0 fully saturated rings. The van der Waals surface area contributed by atoms with Crippen molar-refractivity contribution >= 4 is 22.5 Å². The maximum atomic E-state index is 12.1. The zero-order valence-electron chi connectivity index (χ0n) is 10.0. The molecule has 1 atom stereocenters. The Kier molecular flexibility index (Phi) is 3.94. The molecular formula is C12H9NO6S. The minimum Gasteiger partial charge on any atom is -0.475 e. The first kappa shape index (κ1) is 13.9. The Labute approximate surface area is 115 Å². The Morgan fingerprint density at radius 3 is 2.50 bits per heavy atom. The first-order valence-electron chi connectivity index (χ1n) is 5.41. The first-order valence-corrected chi connectivity index (χ1v) is 6.73. The van der Waals surface area contributed by atoms with Crippen molar-refractivity contribution in [3.63, 3.8) is 0 Å². The highest BCUT2D eigenvalue weighted by molar-refractivity contribution is 7.84. The Bertz CT molecular complexity index is 676. The second-order valence-electron chi connectivity index (χ2n) is 3.82. The second-order valence-corrected chi connectivity index (χ2v) is 5.27. The van der Waals surface area contributed by atoms with Crippen molar-refractivity contribution in [1.29, 1.82) is 0 Å². The van der Waals surface area contributed by atoms with Crippen LogP contribution in [0.4, 0.5) is 5.69 Å². The number of non-ortho nitro benzene ring substituents is 1. The van der Waals surface area contributed by atoms with E-state index in [0.717, 1.165) is 0 Å². The third-order valence-corrected chi connectivity index (χ3v) is 3.91. The number of carbonyl (C=O) groups is 1. The third kappa shape index (κ3) is 2.91. The van der Waals surface area contributed by atoms with E-state index >= 15 is 0 Å². The van der Waals surface area contributed by atoms with Crippen LogP contribution in [0.3, 0.4) is 0 Å². The quantitative estimate of drug-likeness (QED) is 0.668. The lowest BCUT2D eigenvalue weighted by molar-refractivity contribution is -0.384. The van der Waals surface area contributed by atoms with E-state index in [1.54, 1.807) is 0 Å². The molecule has 1 N–H and O–H groups in total. The van der Waals surface area contributed by atoms with E-state index in [9.17, 15) is 19.1 Å². The highest BCUT2D eigenvalue weighted by atomic mass is 32.2. The van der Waals surface area contributed by atoms with Crippen LogP contribution < -0.4 is 0 Å². The van der Waals surface area contributed by atoms with E-state index in [0.29, 0.717) is 10.5 Å². The van der Waals surface area contributed by atoms with E-state index in [2.05, 4.69) is 0 Å². The molecule has 0 saturated carbocycles. The summed E-state index contributed by atoms with van der Waals surface area (Å²) < 4.78 is 16.9. The van der Waals surface area contributed by atoms with E-state index in [1.165, 1.54) is 36.6 Å². The SMILES string of the molecule is O=C(O)c1occc1CS(=O)c1ccc([N+](=O)[O-])cc1. The van der Waals surface area contributed by atoms with Crippen LogP contribution in [0.1, 0.15) is 16.1 Å². The summed E-state index contributed by atoms with van der Waals surface area (Å²) in [5.74, 6) is -1.51. The fourth-order valence-corrected chi connectivity index (χ4v) is 2.70. The summed E-state index contributed by atoms with van der Waals surface area (Å²) >= 11 is 0. The summed E-state index contributed by atoms with van der Waals surface area (Å²) in [4.78, 5) is 21.2. The number of hydrogen-bond donors (Lipinski definition) is 1. The molecule has 0 aliphatic carbocycles. The maximum absolute atomic E-state index is 12.1. The molecule has 0 amide bonds. The highest BCUT2D eigenvalue weighted by Crippen LogP contribution is 2.19. The fourth-order valence-electron chi connectivity index (χ4n) is 1.58. The summed E-state index contributed by atoms with van der Waals surface area (Å²) in [5, 5.41) is 19.4. The van der Waals surface area contributed by atoms with Gasteiger partial charge in [-0.2, -0.15) is 0 Å². The Morgan fingerprint density at radius 2 is 1.95 bits per heavy atom. The van der Waals surface area contributed by atoms with Crippen molar-refractivity contribution in [1.82, 2.24) is 0 Å². The van der Waals surface area contributed by atoms with Crippen molar-refractivity contribution in [3.05, 3.63) is 58.0 Å². The van der Waals surface area contributed by atoms with Crippen LogP contribution in [0.5, 0.6) is 0 Å². The Balaban J connectivity index is 2.17. The maximum Gasteiger partial charge on any atom is 0.372 e. The predicted octanol–water partition coefficient (Wildman–Crippen LogP) is 2.19. The van der Waals surface area contributed by atoms with Crippen molar-refractivity contribution in [2.75, 3.05) is 0 Å². The molecule has 1 aromatic heterocycles. The minimum absolute atomic E-state index is 0.0318. The molecule has 1 unspecified atom stereocenters. The van der Waals surface area contributed by atoms with Crippen molar-refractivity contribution in [3.8, 4) is 0 Å². The van der Waals surface area contributed by atoms with Gasteiger partial charge < -0.3 is 9.52 Å². The fraction of sp³-hybridized carbons (Fsp3) is 0.0833. The molecular weight excluding hydrogens is 286 g/mol. The zero-order valence-corrected chi connectivity index (χ0v) is 10.8. The highest BCUT2D eigenvalue weighted by Gasteiger charge is 2.17. The van der Waals surface area contributed by atoms with Gasteiger partial charge in [-0.1, -0.05) is 0 Å². The molecule has 20 heavy (non-hydrogen) atoms. The van der Waals surface area contributed by atoms with Gasteiger partial charge in [0.1, 0.15) is 0 Å². The number of nitrogens with zero attached hydrogens (tertiary/aromatic N) is 1. The van der Waals surface area contributed by atoms with Gasteiger partial charge in [0.2, 0.25) is 5.76 Å². The van der Waals surface area contributed by atoms with Crippen LogP contribution in [0, 0.1) is 10.1 Å². The van der Waals surface area contributed by atoms with Crippen molar-refractivity contribution in [2.45, 2.75) is 10.6 Å². The van der Waals surface area contributed by atoms with Crippen LogP contribution in [0.15, 0.2) is 45.9 Å². The number of carboxylic acids is 1. The van der Waals surface area contributed by atoms with E-state index in [1.807, 2.05) is 0 Å². The average molecular weight is 295 g/mol. The molecule has 0 aliphatic rings.